The van der Waals surface area contributed by atoms with Crippen molar-refractivity contribution in [1.82, 2.24) is 0 Å². The number of aliphatic hydroxyl groups excluding tert-OH is 1. The van der Waals surface area contributed by atoms with E-state index in [1.54, 1.807) is 6.92 Å². The Balaban J connectivity index is 0. The quantitative estimate of drug-likeness (QED) is 0.419. The first-order chi connectivity index (χ1) is 3.15. The molecule has 0 atom stereocenters. The van der Waals surface area contributed by atoms with Gasteiger partial charge < -0.3 is 15.0 Å². The number of carboxylic acids is 1. The number of carbonyl (C=O) groups excluding carboxylic acids is 1. The molecule has 0 radical (unpaired) electrons. The van der Waals surface area contributed by atoms with Gasteiger partial charge in [0.2, 0.25) is 0 Å². The van der Waals surface area contributed by atoms with Crippen molar-refractivity contribution in [3.8, 4) is 0 Å². The third kappa shape index (κ3) is 197. The maximum Gasteiger partial charge on any atom is 0.0402 e. The number of carbonyl (C=O) groups is 1. The molecule has 0 rings (SSSR count). The third-order valence-electron chi connectivity index (χ3n) is 0. The van der Waals surface area contributed by atoms with Crippen LogP contribution in [0.25, 0.3) is 0 Å². The summed E-state index contributed by atoms with van der Waals surface area (Å²) in [5.74, 6) is -1.08. The number of hydrogen-bond donors (Lipinski definition) is 1. The fourth-order valence-electron chi connectivity index (χ4n) is 0. The van der Waals surface area contributed by atoms with E-state index in [9.17, 15) is 0 Å². The summed E-state index contributed by atoms with van der Waals surface area (Å²) in [5.41, 5.74) is 0. The molecule has 7 heavy (non-hydrogen) atoms. The van der Waals surface area contributed by atoms with Gasteiger partial charge >= 0.3 is 0 Å². The summed E-state index contributed by atoms with van der Waals surface area (Å²) in [6.45, 7) is 2.90. The number of aliphatic hydroxyl groups is 1. The molecule has 0 bridgehead atoms. The highest BCUT2D eigenvalue weighted by Crippen LogP contribution is 1.31. The van der Waals surface area contributed by atoms with Crippen LogP contribution in [0.4, 0.5) is 0 Å². The summed E-state index contributed by atoms with van der Waals surface area (Å²) < 4.78 is 0. The van der Waals surface area contributed by atoms with Gasteiger partial charge in [-0.25, -0.2) is 0 Å². The highest BCUT2D eigenvalue weighted by molar-refractivity contribution is 5.60. The standard InChI is InChI=1S/C2H4O2.C2H6O/c1-2(3)4;1-2-3/h1H3,(H,3,4);3H,2H2,1H3/p-1. The molecule has 0 aliphatic heterocycles. The molecule has 3 heteroatoms. The van der Waals surface area contributed by atoms with Crippen LogP contribution >= 0.6 is 0 Å². The van der Waals surface area contributed by atoms with Crippen molar-refractivity contribution in [3.63, 3.8) is 0 Å². The SMILES string of the molecule is CC(=O)[O-].CCO. The zero-order valence-electron chi connectivity index (χ0n) is 4.47. The summed E-state index contributed by atoms with van der Waals surface area (Å²) in [5, 5.41) is 16.5. The maximum absolute atomic E-state index is 8.89. The molecule has 0 spiro atoms. The Bertz CT molecular complexity index is 38.2. The summed E-state index contributed by atoms with van der Waals surface area (Å²) >= 11 is 0. The van der Waals surface area contributed by atoms with Gasteiger partial charge in [0.1, 0.15) is 0 Å². The zero-order chi connectivity index (χ0) is 6.28. The van der Waals surface area contributed by atoms with Crippen molar-refractivity contribution in [2.24, 2.45) is 0 Å². The Hall–Kier alpha value is -0.570. The van der Waals surface area contributed by atoms with Crippen LogP contribution in [-0.4, -0.2) is 17.7 Å². The number of aliphatic carboxylic acids is 1. The van der Waals surface area contributed by atoms with Crippen LogP contribution < -0.4 is 5.11 Å². The van der Waals surface area contributed by atoms with Crippen LogP contribution in [0.3, 0.4) is 0 Å². The van der Waals surface area contributed by atoms with Crippen molar-refractivity contribution in [1.29, 1.82) is 0 Å². The smallest absolute Gasteiger partial charge is 0.0402 e. The fraction of sp³-hybridized carbons (Fsp3) is 0.750. The highest BCUT2D eigenvalue weighted by atomic mass is 16.4. The molecule has 44 valence electrons. The van der Waals surface area contributed by atoms with E-state index in [1.165, 1.54) is 0 Å². The lowest BCUT2D eigenvalue weighted by Gasteiger charge is -1.77. The average Bonchev–Trinajstić information content (AvgIpc) is 1.33. The van der Waals surface area contributed by atoms with E-state index in [0.717, 1.165) is 6.92 Å². The maximum atomic E-state index is 8.89. The van der Waals surface area contributed by atoms with Crippen LogP contribution in [0.2, 0.25) is 0 Å². The second-order valence-corrected chi connectivity index (χ2v) is 0.808. The second-order valence-electron chi connectivity index (χ2n) is 0.808. The first-order valence-electron chi connectivity index (χ1n) is 1.93. The third-order valence-corrected chi connectivity index (χ3v) is 0. The molecule has 0 saturated heterocycles. The molecule has 0 saturated carbocycles. The minimum atomic E-state index is -1.08. The first-order valence-corrected chi connectivity index (χ1v) is 1.93. The normalized spacial score (nSPS) is 6.14. The summed E-state index contributed by atoms with van der Waals surface area (Å²) in [7, 11) is 0. The fourth-order valence-corrected chi connectivity index (χ4v) is 0. The highest BCUT2D eigenvalue weighted by Gasteiger charge is 1.46. The van der Waals surface area contributed by atoms with Gasteiger partial charge in [0, 0.05) is 12.6 Å². The monoisotopic (exact) mass is 105 g/mol. The molecule has 0 aromatic carbocycles. The van der Waals surface area contributed by atoms with E-state index in [4.69, 9.17) is 15.0 Å². The van der Waals surface area contributed by atoms with Gasteiger partial charge in [-0.1, -0.05) is 0 Å². The van der Waals surface area contributed by atoms with E-state index < -0.39 is 5.97 Å². The van der Waals surface area contributed by atoms with Gasteiger partial charge in [0.05, 0.1) is 0 Å². The Morgan fingerprint density at radius 3 is 1.86 bits per heavy atom. The molecule has 1 N–H and O–H groups in total. The Kier molecular flexibility index (Phi) is 12.5. The summed E-state index contributed by atoms with van der Waals surface area (Å²) in [6, 6.07) is 0. The van der Waals surface area contributed by atoms with E-state index in [0.29, 0.717) is 0 Å². The average molecular weight is 105 g/mol. The lowest BCUT2D eigenvalue weighted by atomic mass is 10.9. The minimum absolute atomic E-state index is 0.250. The molecular formula is C4H9O3-. The molecule has 0 aliphatic carbocycles. The van der Waals surface area contributed by atoms with Crippen molar-refractivity contribution < 1.29 is 15.0 Å². The first kappa shape index (κ1) is 9.66. The van der Waals surface area contributed by atoms with Gasteiger partial charge in [-0.2, -0.15) is 0 Å². The Labute approximate surface area is 42.6 Å². The van der Waals surface area contributed by atoms with Gasteiger partial charge in [0.15, 0.2) is 0 Å². The van der Waals surface area contributed by atoms with E-state index in [-0.39, 0.29) is 6.61 Å². The predicted octanol–water partition coefficient (Wildman–Crippen LogP) is -1.25. The van der Waals surface area contributed by atoms with E-state index in [1.807, 2.05) is 0 Å². The number of hydrogen-bond acceptors (Lipinski definition) is 3. The second kappa shape index (κ2) is 9.06. The van der Waals surface area contributed by atoms with Gasteiger partial charge in [0.25, 0.3) is 0 Å². The van der Waals surface area contributed by atoms with E-state index in [2.05, 4.69) is 0 Å². The van der Waals surface area contributed by atoms with Crippen LogP contribution in [0, 0.1) is 0 Å². The Morgan fingerprint density at radius 2 is 1.86 bits per heavy atom. The molecule has 0 aromatic heterocycles. The molecule has 0 heterocycles. The molecule has 0 fully saturated rings. The van der Waals surface area contributed by atoms with Gasteiger partial charge in [-0.3, -0.25) is 0 Å². The number of carboxylic acid groups (broad SMARTS) is 1. The Morgan fingerprint density at radius 1 is 1.86 bits per heavy atom. The number of rotatable bonds is 0. The van der Waals surface area contributed by atoms with Crippen LogP contribution in [-0.2, 0) is 4.79 Å². The van der Waals surface area contributed by atoms with Crippen molar-refractivity contribution in [2.45, 2.75) is 13.8 Å². The minimum Gasteiger partial charge on any atom is -0.550 e. The lowest BCUT2D eigenvalue weighted by molar-refractivity contribution is -0.302. The molecular weight excluding hydrogens is 96.0 g/mol. The van der Waals surface area contributed by atoms with Crippen molar-refractivity contribution in [3.05, 3.63) is 0 Å². The zero-order valence-corrected chi connectivity index (χ0v) is 4.47. The summed E-state index contributed by atoms with van der Waals surface area (Å²) in [6.07, 6.45) is 0. The van der Waals surface area contributed by atoms with Gasteiger partial charge in [-0.05, 0) is 13.8 Å². The van der Waals surface area contributed by atoms with Crippen molar-refractivity contribution in [2.75, 3.05) is 6.61 Å². The van der Waals surface area contributed by atoms with Crippen LogP contribution in [0.5, 0.6) is 0 Å². The molecule has 0 amide bonds. The van der Waals surface area contributed by atoms with Crippen LogP contribution in [0.1, 0.15) is 13.8 Å². The van der Waals surface area contributed by atoms with Crippen LogP contribution in [0.15, 0.2) is 0 Å². The molecule has 3 nitrogen and oxygen atoms in total. The topological polar surface area (TPSA) is 60.4 Å². The molecule has 0 aromatic rings. The van der Waals surface area contributed by atoms with Crippen molar-refractivity contribution >= 4 is 5.97 Å². The molecule has 0 aliphatic rings. The van der Waals surface area contributed by atoms with Gasteiger partial charge in [-0.15, -0.1) is 0 Å². The lowest BCUT2D eigenvalue weighted by Crippen LogP contribution is -2.16. The summed E-state index contributed by atoms with van der Waals surface area (Å²) in [4.78, 5) is 8.89. The van der Waals surface area contributed by atoms with E-state index >= 15 is 0 Å². The predicted molar refractivity (Wildman–Crippen MR) is 23.4 cm³/mol. The molecule has 0 unspecified atom stereocenters. The largest absolute Gasteiger partial charge is 0.550 e.